The lowest BCUT2D eigenvalue weighted by Crippen LogP contribution is -2.24. The number of carbonyl (C=O) groups is 3. The lowest BCUT2D eigenvalue weighted by atomic mass is 10.0. The van der Waals surface area contributed by atoms with Crippen molar-refractivity contribution in [2.24, 2.45) is 0 Å². The van der Waals surface area contributed by atoms with Crippen LogP contribution < -0.4 is 15.5 Å². The van der Waals surface area contributed by atoms with Crippen LogP contribution in [0.4, 0.5) is 35.0 Å². The summed E-state index contributed by atoms with van der Waals surface area (Å²) >= 11 is 0. The van der Waals surface area contributed by atoms with Crippen LogP contribution in [0, 0.1) is 6.92 Å². The van der Waals surface area contributed by atoms with Gasteiger partial charge in [0.05, 0.1) is 34.7 Å². The first-order chi connectivity index (χ1) is 17.4. The predicted molar refractivity (Wildman–Crippen MR) is 131 cm³/mol. The summed E-state index contributed by atoms with van der Waals surface area (Å²) < 4.78 is 46.7. The summed E-state index contributed by atoms with van der Waals surface area (Å²) in [5, 5.41) is 17.2. The third-order valence-electron chi connectivity index (χ3n) is 5.35. The van der Waals surface area contributed by atoms with Gasteiger partial charge in [-0.05, 0) is 31.5 Å². The number of rotatable bonds is 9. The summed E-state index contributed by atoms with van der Waals surface area (Å²) in [7, 11) is 1.45. The summed E-state index contributed by atoms with van der Waals surface area (Å²) in [6, 6.07) is 9.61. The van der Waals surface area contributed by atoms with E-state index in [0.29, 0.717) is 29.5 Å². The zero-order chi connectivity index (χ0) is 27.3. The lowest BCUT2D eigenvalue weighted by molar-refractivity contribution is -0.137. The third-order valence-corrected chi connectivity index (χ3v) is 5.35. The number of ketones is 1. The van der Waals surface area contributed by atoms with Crippen molar-refractivity contribution in [3.63, 3.8) is 0 Å². The smallest absolute Gasteiger partial charge is 0.418 e. The average molecular weight is 518 g/mol. The van der Waals surface area contributed by atoms with Gasteiger partial charge in [-0.1, -0.05) is 30.3 Å². The van der Waals surface area contributed by atoms with E-state index in [-0.39, 0.29) is 23.5 Å². The highest BCUT2D eigenvalue weighted by Gasteiger charge is 2.36. The Bertz CT molecular complexity index is 1320. The number of carboxylic acid groups (broad SMARTS) is 1. The Balaban J connectivity index is 1.88. The molecular weight excluding hydrogens is 493 g/mol. The summed E-state index contributed by atoms with van der Waals surface area (Å²) in [4.78, 5) is 38.0. The number of aromatic nitrogens is 1. The molecule has 0 aliphatic heterocycles. The van der Waals surface area contributed by atoms with Gasteiger partial charge >= 0.3 is 12.3 Å². The Hall–Kier alpha value is -4.35. The van der Waals surface area contributed by atoms with E-state index in [1.54, 1.807) is 32.0 Å². The number of nitrogens with one attached hydrogen (secondary N) is 2. The van der Waals surface area contributed by atoms with Crippen molar-refractivity contribution in [3.8, 4) is 11.3 Å². The number of aryl methyl sites for hydroxylation is 1. The van der Waals surface area contributed by atoms with Crippen LogP contribution in [-0.2, 0) is 11.0 Å². The van der Waals surface area contributed by atoms with Gasteiger partial charge in [0.1, 0.15) is 0 Å². The Morgan fingerprint density at radius 2 is 1.78 bits per heavy atom. The van der Waals surface area contributed by atoms with Crippen LogP contribution in [0.15, 0.2) is 47.0 Å². The maximum atomic E-state index is 13.8. The van der Waals surface area contributed by atoms with Gasteiger partial charge < -0.3 is 19.8 Å². The lowest BCUT2D eigenvalue weighted by Gasteiger charge is -2.25. The highest BCUT2D eigenvalue weighted by atomic mass is 19.4. The molecule has 3 aromatic rings. The number of benzene rings is 2. The molecule has 0 bridgehead atoms. The molecule has 2 amide bonds. The molecule has 0 spiro atoms. The fourth-order valence-corrected chi connectivity index (χ4v) is 3.70. The van der Waals surface area contributed by atoms with E-state index in [2.05, 4.69) is 10.5 Å². The van der Waals surface area contributed by atoms with E-state index < -0.39 is 41.6 Å². The van der Waals surface area contributed by atoms with E-state index in [1.807, 2.05) is 5.32 Å². The van der Waals surface area contributed by atoms with E-state index in [9.17, 15) is 32.7 Å². The van der Waals surface area contributed by atoms with Gasteiger partial charge in [-0.2, -0.15) is 13.2 Å². The van der Waals surface area contributed by atoms with Gasteiger partial charge in [-0.15, -0.1) is 0 Å². The van der Waals surface area contributed by atoms with Crippen molar-refractivity contribution in [1.29, 1.82) is 0 Å². The number of Topliss-reactive ketones (excluding diaryl/α,β-unsaturated/α-hetero) is 1. The second kappa shape index (κ2) is 11.1. The first-order valence-electron chi connectivity index (χ1n) is 11.2. The molecule has 0 aliphatic rings. The fraction of sp³-hybridized carbons (Fsp3) is 0.280. The van der Waals surface area contributed by atoms with Gasteiger partial charge in [0, 0.05) is 30.8 Å². The maximum Gasteiger partial charge on any atom is 0.418 e. The number of anilines is 3. The minimum atomic E-state index is -4.78. The summed E-state index contributed by atoms with van der Waals surface area (Å²) in [5.74, 6) is -1.09. The van der Waals surface area contributed by atoms with Gasteiger partial charge in [0.25, 0.3) is 0 Å². The zero-order valence-electron chi connectivity index (χ0n) is 20.3. The molecule has 0 saturated heterocycles. The second-order valence-corrected chi connectivity index (χ2v) is 8.33. The normalized spacial score (nSPS) is 11.2. The number of hydrogen-bond donors (Lipinski definition) is 3. The summed E-state index contributed by atoms with van der Waals surface area (Å²) in [6.07, 6.45) is -6.46. The summed E-state index contributed by atoms with van der Waals surface area (Å²) in [6.45, 7) is 3.80. The highest BCUT2D eigenvalue weighted by molar-refractivity contribution is 6.12. The Morgan fingerprint density at radius 3 is 2.38 bits per heavy atom. The molecular formula is C25H25F3N4O5. The minimum Gasteiger partial charge on any atom is -0.465 e. The van der Waals surface area contributed by atoms with Crippen molar-refractivity contribution in [1.82, 2.24) is 5.16 Å². The molecule has 12 heteroatoms. The molecule has 0 radical (unpaired) electrons. The van der Waals surface area contributed by atoms with Crippen LogP contribution in [0.5, 0.6) is 0 Å². The zero-order valence-corrected chi connectivity index (χ0v) is 20.3. The average Bonchev–Trinajstić information content (AvgIpc) is 3.25. The van der Waals surface area contributed by atoms with Crippen LogP contribution in [0.25, 0.3) is 11.3 Å². The molecule has 196 valence electrons. The van der Waals surface area contributed by atoms with E-state index in [4.69, 9.17) is 4.52 Å². The minimum absolute atomic E-state index is 0.179. The Morgan fingerprint density at radius 1 is 1.08 bits per heavy atom. The third kappa shape index (κ3) is 6.87. The second-order valence-electron chi connectivity index (χ2n) is 8.33. The Kier molecular flexibility index (Phi) is 8.21. The standard InChI is InChI=1S/C25H25F3N4O5/c1-4-8-32(3)20-12-19(30-24(35)36)18(11-17(20)25(26,27)28)29-23(34)13-21(33)15-6-5-7-16(10-15)22-9-14(2)31-37-22/h5-7,9-12,30H,4,8,13H2,1-3H3,(H,29,34)(H,35,36). The van der Waals surface area contributed by atoms with Gasteiger partial charge in [-0.3, -0.25) is 14.9 Å². The molecule has 0 aliphatic carbocycles. The van der Waals surface area contributed by atoms with Crippen molar-refractivity contribution in [2.45, 2.75) is 32.9 Å². The topological polar surface area (TPSA) is 125 Å². The van der Waals surface area contributed by atoms with Crippen LogP contribution in [-0.4, -0.2) is 41.6 Å². The summed E-state index contributed by atoms with van der Waals surface area (Å²) in [5.41, 5.74) is -0.627. The number of carbonyl (C=O) groups excluding carboxylic acids is 2. The quantitative estimate of drug-likeness (QED) is 0.241. The monoisotopic (exact) mass is 518 g/mol. The molecule has 2 aromatic carbocycles. The van der Waals surface area contributed by atoms with Gasteiger partial charge in [0.2, 0.25) is 5.91 Å². The van der Waals surface area contributed by atoms with E-state index in [0.717, 1.165) is 6.07 Å². The van der Waals surface area contributed by atoms with Gasteiger partial charge in [0.15, 0.2) is 11.5 Å². The number of halogens is 3. The van der Waals surface area contributed by atoms with Crippen molar-refractivity contribution >= 4 is 34.8 Å². The van der Waals surface area contributed by atoms with Gasteiger partial charge in [-0.25, -0.2) is 4.79 Å². The SMILES string of the molecule is CCCN(C)c1cc(NC(=O)O)c(NC(=O)CC(=O)c2cccc(-c3cc(C)no3)c2)cc1C(F)(F)F. The molecule has 0 unspecified atom stereocenters. The predicted octanol–water partition coefficient (Wildman–Crippen LogP) is 5.82. The van der Waals surface area contributed by atoms with Crippen LogP contribution in [0.3, 0.4) is 0 Å². The molecule has 0 fully saturated rings. The number of alkyl halides is 3. The molecule has 9 nitrogen and oxygen atoms in total. The fourth-order valence-electron chi connectivity index (χ4n) is 3.70. The molecule has 1 aromatic heterocycles. The number of hydrogen-bond acceptors (Lipinski definition) is 6. The largest absolute Gasteiger partial charge is 0.465 e. The first kappa shape index (κ1) is 27.2. The molecule has 3 rings (SSSR count). The van der Waals surface area contributed by atoms with Crippen molar-refractivity contribution in [3.05, 3.63) is 59.3 Å². The molecule has 0 saturated carbocycles. The van der Waals surface area contributed by atoms with E-state index in [1.165, 1.54) is 24.1 Å². The first-order valence-corrected chi connectivity index (χ1v) is 11.2. The van der Waals surface area contributed by atoms with Crippen molar-refractivity contribution < 1.29 is 37.2 Å². The van der Waals surface area contributed by atoms with Crippen LogP contribution in [0.1, 0.15) is 41.4 Å². The highest BCUT2D eigenvalue weighted by Crippen LogP contribution is 2.41. The molecule has 37 heavy (non-hydrogen) atoms. The Labute approximate surface area is 210 Å². The molecule has 3 N–H and O–H groups in total. The van der Waals surface area contributed by atoms with Crippen molar-refractivity contribution in [2.75, 3.05) is 29.1 Å². The molecule has 0 atom stereocenters. The number of amides is 2. The number of nitrogens with zero attached hydrogens (tertiary/aromatic N) is 2. The van der Waals surface area contributed by atoms with E-state index >= 15 is 0 Å². The molecule has 1 heterocycles. The maximum absolute atomic E-state index is 13.8. The van der Waals surface area contributed by atoms with Crippen LogP contribution in [0.2, 0.25) is 0 Å². The van der Waals surface area contributed by atoms with Crippen LogP contribution >= 0.6 is 0 Å².